The second-order valence-electron chi connectivity index (χ2n) is 4.15. The molecular weight excluding hydrogens is 295 g/mol. The summed E-state index contributed by atoms with van der Waals surface area (Å²) in [6, 6.07) is 6.01. The van der Waals surface area contributed by atoms with Crippen LogP contribution in [0.1, 0.15) is 12.5 Å². The molecule has 1 heterocycles. The van der Waals surface area contributed by atoms with Crippen LogP contribution in [0.15, 0.2) is 35.0 Å². The van der Waals surface area contributed by atoms with Crippen LogP contribution in [0, 0.1) is 5.82 Å². The minimum absolute atomic E-state index is 0.0263. The molecule has 1 aliphatic heterocycles. The first-order valence-corrected chi connectivity index (χ1v) is 7.26. The van der Waals surface area contributed by atoms with Gasteiger partial charge in [0.25, 0.3) is 5.91 Å². The number of carbonyl (C=O) groups excluding carboxylic acids is 2. The van der Waals surface area contributed by atoms with Gasteiger partial charge in [0.1, 0.15) is 17.5 Å². The highest BCUT2D eigenvalue weighted by Crippen LogP contribution is 2.18. The highest BCUT2D eigenvalue weighted by Gasteiger charge is 2.30. The van der Waals surface area contributed by atoms with Crippen LogP contribution in [0.3, 0.4) is 0 Å². The van der Waals surface area contributed by atoms with Gasteiger partial charge in [-0.1, -0.05) is 23.9 Å². The molecule has 5 nitrogen and oxygen atoms in total. The zero-order valence-electron chi connectivity index (χ0n) is 11.3. The Labute approximate surface area is 125 Å². The molecule has 7 heteroatoms. The third-order valence-electron chi connectivity index (χ3n) is 2.67. The summed E-state index contributed by atoms with van der Waals surface area (Å²) in [7, 11) is 0. The van der Waals surface area contributed by atoms with Crippen LogP contribution in [0.25, 0.3) is 0 Å². The maximum Gasteiger partial charge on any atom is 0.284 e. The van der Waals surface area contributed by atoms with Crippen LogP contribution in [0.5, 0.6) is 0 Å². The van der Waals surface area contributed by atoms with Crippen molar-refractivity contribution < 1.29 is 18.7 Å². The van der Waals surface area contributed by atoms with Crippen LogP contribution < -0.4 is 5.32 Å². The van der Waals surface area contributed by atoms with Gasteiger partial charge in [-0.2, -0.15) is 4.99 Å². The summed E-state index contributed by atoms with van der Waals surface area (Å²) < 4.78 is 18.0. The summed E-state index contributed by atoms with van der Waals surface area (Å²) in [5.41, 5.74) is 0.903. The van der Waals surface area contributed by atoms with E-state index in [1.165, 1.54) is 23.9 Å². The van der Waals surface area contributed by atoms with Crippen molar-refractivity contribution in [3.8, 4) is 0 Å². The molecule has 1 amide bonds. The van der Waals surface area contributed by atoms with E-state index in [1.807, 2.05) is 0 Å². The molecule has 0 bridgehead atoms. The van der Waals surface area contributed by atoms with E-state index in [1.54, 1.807) is 25.0 Å². The van der Waals surface area contributed by atoms with Crippen molar-refractivity contribution in [1.29, 1.82) is 0 Å². The number of hydrogen-bond acceptors (Lipinski definition) is 5. The standard InChI is InChI=1S/C14H13FN2O3S/c1-2-20-12-11(7-18)16-14(17-13(12)19)21-8-9-3-5-10(15)6-4-9/h3-6,12H,2,8H2,1H3,(H,16,17,19). The number of thioether (sulfide) groups is 1. The first-order valence-electron chi connectivity index (χ1n) is 6.27. The quantitative estimate of drug-likeness (QED) is 0.857. The van der Waals surface area contributed by atoms with E-state index in [0.717, 1.165) is 5.56 Å². The normalized spacial score (nSPS) is 18.0. The molecule has 0 radical (unpaired) electrons. The van der Waals surface area contributed by atoms with Crippen molar-refractivity contribution in [2.45, 2.75) is 18.8 Å². The molecule has 0 saturated carbocycles. The Morgan fingerprint density at radius 2 is 2.14 bits per heavy atom. The van der Waals surface area contributed by atoms with E-state index in [0.29, 0.717) is 10.9 Å². The lowest BCUT2D eigenvalue weighted by Gasteiger charge is -2.21. The summed E-state index contributed by atoms with van der Waals surface area (Å²) in [5, 5.41) is 3.04. The van der Waals surface area contributed by atoms with Crippen molar-refractivity contribution in [3.63, 3.8) is 0 Å². The maximum absolute atomic E-state index is 12.8. The van der Waals surface area contributed by atoms with E-state index in [2.05, 4.69) is 10.3 Å². The fourth-order valence-corrected chi connectivity index (χ4v) is 2.52. The second kappa shape index (κ2) is 7.17. The number of aliphatic imine (C=N–C) groups is 1. The highest BCUT2D eigenvalue weighted by molar-refractivity contribution is 8.13. The number of halogens is 1. The molecular formula is C14H13FN2O3S. The molecule has 1 aromatic carbocycles. The largest absolute Gasteiger partial charge is 0.361 e. The topological polar surface area (TPSA) is 67.8 Å². The first kappa shape index (κ1) is 15.4. The molecule has 0 spiro atoms. The molecule has 21 heavy (non-hydrogen) atoms. The van der Waals surface area contributed by atoms with Crippen molar-refractivity contribution in [2.75, 3.05) is 6.61 Å². The number of nitrogens with zero attached hydrogens (tertiary/aromatic N) is 1. The fraction of sp³-hybridized carbons (Fsp3) is 0.286. The summed E-state index contributed by atoms with van der Waals surface area (Å²) in [6.45, 7) is 2.01. The summed E-state index contributed by atoms with van der Waals surface area (Å²) >= 11 is 1.24. The molecule has 0 saturated heterocycles. The molecule has 1 N–H and O–H groups in total. The van der Waals surface area contributed by atoms with Gasteiger partial charge in [0.2, 0.25) is 0 Å². The Morgan fingerprint density at radius 1 is 1.43 bits per heavy atom. The van der Waals surface area contributed by atoms with Gasteiger partial charge in [-0.3, -0.25) is 4.79 Å². The fourth-order valence-electron chi connectivity index (χ4n) is 1.69. The van der Waals surface area contributed by atoms with Gasteiger partial charge in [0, 0.05) is 12.4 Å². The zero-order valence-corrected chi connectivity index (χ0v) is 12.1. The molecule has 1 unspecified atom stereocenters. The van der Waals surface area contributed by atoms with E-state index in [9.17, 15) is 14.0 Å². The Bertz CT molecular complexity index is 609. The minimum Gasteiger partial charge on any atom is -0.361 e. The maximum atomic E-state index is 12.8. The zero-order chi connectivity index (χ0) is 15.2. The molecule has 110 valence electrons. The predicted molar refractivity (Wildman–Crippen MR) is 77.9 cm³/mol. The molecule has 1 aliphatic rings. The van der Waals surface area contributed by atoms with E-state index in [-0.39, 0.29) is 18.1 Å². The Morgan fingerprint density at radius 3 is 2.76 bits per heavy atom. The van der Waals surface area contributed by atoms with Crippen molar-refractivity contribution in [1.82, 2.24) is 5.32 Å². The van der Waals surface area contributed by atoms with Crippen LogP contribution in [-0.2, 0) is 20.1 Å². The number of benzene rings is 1. The SMILES string of the molecule is CCOC1C(=O)N=C(SCc2ccc(F)cc2)NC1=C=O. The van der Waals surface area contributed by atoms with Gasteiger partial charge in [-0.05, 0) is 24.6 Å². The van der Waals surface area contributed by atoms with Crippen LogP contribution in [0.4, 0.5) is 4.39 Å². The second-order valence-corrected chi connectivity index (χ2v) is 5.11. The summed E-state index contributed by atoms with van der Waals surface area (Å²) in [5.74, 6) is 1.32. The van der Waals surface area contributed by atoms with E-state index >= 15 is 0 Å². The number of hydrogen-bond donors (Lipinski definition) is 1. The summed E-state index contributed by atoms with van der Waals surface area (Å²) in [6.07, 6.45) is -1.01. The Balaban J connectivity index is 2.04. The highest BCUT2D eigenvalue weighted by atomic mass is 32.2. The first-order chi connectivity index (χ1) is 10.1. The lowest BCUT2D eigenvalue weighted by molar-refractivity contribution is -0.127. The Kier molecular flexibility index (Phi) is 5.27. The van der Waals surface area contributed by atoms with Crippen molar-refractivity contribution in [3.05, 3.63) is 41.3 Å². The number of ether oxygens (including phenoxy) is 1. The molecule has 0 aliphatic carbocycles. The number of amidine groups is 1. The predicted octanol–water partition coefficient (Wildman–Crippen LogP) is 1.67. The van der Waals surface area contributed by atoms with Gasteiger partial charge in [0.15, 0.2) is 11.3 Å². The van der Waals surface area contributed by atoms with E-state index in [4.69, 9.17) is 4.74 Å². The molecule has 1 aromatic rings. The lowest BCUT2D eigenvalue weighted by Crippen LogP contribution is -2.40. The lowest BCUT2D eigenvalue weighted by atomic mass is 10.2. The Hall–Kier alpha value is -1.95. The number of rotatable bonds is 4. The van der Waals surface area contributed by atoms with Gasteiger partial charge in [-0.15, -0.1) is 0 Å². The third-order valence-corrected chi connectivity index (χ3v) is 3.62. The number of amides is 1. The van der Waals surface area contributed by atoms with Crippen molar-refractivity contribution >= 4 is 28.8 Å². The average Bonchev–Trinajstić information content (AvgIpc) is 2.49. The van der Waals surface area contributed by atoms with Crippen molar-refractivity contribution in [2.24, 2.45) is 4.99 Å². The third kappa shape index (κ3) is 4.01. The van der Waals surface area contributed by atoms with Gasteiger partial charge >= 0.3 is 0 Å². The number of carbonyl (C=O) groups is 1. The van der Waals surface area contributed by atoms with Gasteiger partial charge < -0.3 is 10.1 Å². The average molecular weight is 308 g/mol. The summed E-state index contributed by atoms with van der Waals surface area (Å²) in [4.78, 5) is 26.5. The smallest absolute Gasteiger partial charge is 0.284 e. The number of nitrogens with one attached hydrogen (secondary N) is 1. The molecule has 0 fully saturated rings. The van der Waals surface area contributed by atoms with Crippen LogP contribution >= 0.6 is 11.8 Å². The minimum atomic E-state index is -1.01. The van der Waals surface area contributed by atoms with Crippen LogP contribution in [-0.4, -0.2) is 29.7 Å². The monoisotopic (exact) mass is 308 g/mol. The van der Waals surface area contributed by atoms with Gasteiger partial charge in [0.05, 0.1) is 0 Å². The molecule has 1 atom stereocenters. The van der Waals surface area contributed by atoms with Crippen LogP contribution in [0.2, 0.25) is 0 Å². The molecule has 0 aromatic heterocycles. The van der Waals surface area contributed by atoms with Gasteiger partial charge in [-0.25, -0.2) is 9.18 Å². The van der Waals surface area contributed by atoms with E-state index < -0.39 is 12.0 Å². The molecule has 2 rings (SSSR count).